The Morgan fingerprint density at radius 2 is 1.77 bits per heavy atom. The molecule has 3 aromatic rings. The molecule has 0 fully saturated rings. The molecule has 0 aliphatic carbocycles. The molecule has 0 saturated carbocycles. The van der Waals surface area contributed by atoms with Crippen LogP contribution in [0.2, 0.25) is 0 Å². The molecular formula is C18H15F6N3O2S. The number of halogens is 6. The lowest BCUT2D eigenvalue weighted by Gasteiger charge is -2.16. The average Bonchev–Trinajstić information content (AvgIpc) is 2.99. The summed E-state index contributed by atoms with van der Waals surface area (Å²) in [5, 5.41) is -0.295. The SMILES string of the molecule is Cc1c(OCC(F)(F)F)ccnc1C[S+]([O-])c1nc2ccccc2n1CC(F)(F)F. The van der Waals surface area contributed by atoms with Crippen LogP contribution in [-0.2, 0) is 23.5 Å². The van der Waals surface area contributed by atoms with Gasteiger partial charge in [0.25, 0.3) is 0 Å². The molecule has 0 radical (unpaired) electrons. The molecule has 162 valence electrons. The molecule has 1 atom stereocenters. The smallest absolute Gasteiger partial charge is 0.422 e. The minimum Gasteiger partial charge on any atom is -0.609 e. The van der Waals surface area contributed by atoms with E-state index in [1.165, 1.54) is 37.4 Å². The standard InChI is InChI=1S/C18H15F6N3O2S/c1-11-13(25-7-6-15(11)29-10-18(22,23)24)8-30(28)16-26-12-4-2-3-5-14(12)27(16)9-17(19,20)21/h2-7H,8-10H2,1H3. The van der Waals surface area contributed by atoms with Crippen molar-refractivity contribution < 1.29 is 35.6 Å². The van der Waals surface area contributed by atoms with Gasteiger partial charge >= 0.3 is 17.5 Å². The predicted octanol–water partition coefficient (Wildman–Crippen LogP) is 4.55. The van der Waals surface area contributed by atoms with Crippen LogP contribution in [0.5, 0.6) is 5.75 Å². The predicted molar refractivity (Wildman–Crippen MR) is 96.4 cm³/mol. The lowest BCUT2D eigenvalue weighted by molar-refractivity contribution is -0.153. The van der Waals surface area contributed by atoms with Gasteiger partial charge in [0.2, 0.25) is 0 Å². The number of hydrogen-bond donors (Lipinski definition) is 0. The summed E-state index contributed by atoms with van der Waals surface area (Å²) in [4.78, 5) is 8.06. The molecule has 0 N–H and O–H groups in total. The summed E-state index contributed by atoms with van der Waals surface area (Å²) >= 11 is -2.04. The zero-order valence-corrected chi connectivity index (χ0v) is 16.2. The molecule has 2 aromatic heterocycles. The van der Waals surface area contributed by atoms with Crippen molar-refractivity contribution in [2.24, 2.45) is 0 Å². The van der Waals surface area contributed by atoms with Gasteiger partial charge in [-0.05, 0) is 25.1 Å². The van der Waals surface area contributed by atoms with Crippen molar-refractivity contribution in [2.45, 2.75) is 36.7 Å². The number of imidazole rings is 1. The monoisotopic (exact) mass is 451 g/mol. The maximum absolute atomic E-state index is 13.0. The van der Waals surface area contributed by atoms with Crippen LogP contribution in [0.3, 0.4) is 0 Å². The van der Waals surface area contributed by atoms with E-state index in [-0.39, 0.29) is 38.9 Å². The number of para-hydroxylation sites is 2. The molecule has 0 aliphatic rings. The van der Waals surface area contributed by atoms with Crippen molar-refractivity contribution in [1.29, 1.82) is 0 Å². The van der Waals surface area contributed by atoms with Crippen LogP contribution in [-0.4, -0.2) is 38.0 Å². The van der Waals surface area contributed by atoms with Crippen molar-refractivity contribution in [2.75, 3.05) is 6.61 Å². The molecule has 0 spiro atoms. The Morgan fingerprint density at radius 1 is 1.07 bits per heavy atom. The third kappa shape index (κ3) is 5.36. The summed E-state index contributed by atoms with van der Waals surface area (Å²) in [7, 11) is 0. The minimum absolute atomic E-state index is 0.0990. The number of fused-ring (bicyclic) bond motifs is 1. The van der Waals surface area contributed by atoms with Gasteiger partial charge in [0.15, 0.2) is 12.4 Å². The minimum atomic E-state index is -4.57. The summed E-state index contributed by atoms with van der Waals surface area (Å²) in [5.41, 5.74) is 0.773. The lowest BCUT2D eigenvalue weighted by atomic mass is 10.2. The molecule has 2 heterocycles. The van der Waals surface area contributed by atoms with Gasteiger partial charge in [0.05, 0.1) is 16.7 Å². The maximum atomic E-state index is 13.0. The van der Waals surface area contributed by atoms with E-state index in [2.05, 4.69) is 9.97 Å². The Morgan fingerprint density at radius 3 is 2.43 bits per heavy atom. The van der Waals surface area contributed by atoms with E-state index in [0.717, 1.165) is 4.57 Å². The third-order valence-corrected chi connectivity index (χ3v) is 5.33. The fourth-order valence-electron chi connectivity index (χ4n) is 2.77. The van der Waals surface area contributed by atoms with E-state index in [1.54, 1.807) is 6.07 Å². The van der Waals surface area contributed by atoms with Gasteiger partial charge in [-0.25, -0.2) is 0 Å². The highest BCUT2D eigenvalue weighted by Crippen LogP contribution is 2.29. The second-order valence-electron chi connectivity index (χ2n) is 6.36. The van der Waals surface area contributed by atoms with Crippen molar-refractivity contribution in [3.63, 3.8) is 0 Å². The third-order valence-electron chi connectivity index (χ3n) is 4.08. The largest absolute Gasteiger partial charge is 0.609 e. The van der Waals surface area contributed by atoms with Gasteiger partial charge in [0, 0.05) is 22.9 Å². The summed E-state index contributed by atoms with van der Waals surface area (Å²) in [6, 6.07) is 7.29. The van der Waals surface area contributed by atoms with Crippen molar-refractivity contribution in [3.8, 4) is 5.75 Å². The fraction of sp³-hybridized carbons (Fsp3) is 0.333. The molecule has 1 unspecified atom stereocenters. The molecule has 0 aliphatic heterocycles. The number of alkyl halides is 6. The van der Waals surface area contributed by atoms with Crippen LogP contribution in [0, 0.1) is 6.92 Å². The summed E-state index contributed by atoms with van der Waals surface area (Å²) in [6.45, 7) is -1.46. The first-order chi connectivity index (χ1) is 13.9. The first-order valence-corrected chi connectivity index (χ1v) is 9.81. The number of aromatic nitrogens is 3. The highest BCUT2D eigenvalue weighted by Gasteiger charge is 2.34. The van der Waals surface area contributed by atoms with Gasteiger partial charge in [-0.3, -0.25) is 9.55 Å². The van der Waals surface area contributed by atoms with E-state index < -0.39 is 36.7 Å². The first kappa shape index (κ1) is 22.2. The van der Waals surface area contributed by atoms with Crippen LogP contribution in [0.25, 0.3) is 11.0 Å². The highest BCUT2D eigenvalue weighted by atomic mass is 32.2. The zero-order chi connectivity index (χ0) is 22.1. The van der Waals surface area contributed by atoms with Crippen LogP contribution < -0.4 is 4.74 Å². The van der Waals surface area contributed by atoms with E-state index in [9.17, 15) is 30.9 Å². The van der Waals surface area contributed by atoms with Crippen LogP contribution in [0.15, 0.2) is 41.7 Å². The Labute approximate surface area is 169 Å². The molecule has 1 aromatic carbocycles. The van der Waals surface area contributed by atoms with Gasteiger partial charge in [-0.15, -0.1) is 0 Å². The summed E-state index contributed by atoms with van der Waals surface area (Å²) < 4.78 is 94.8. The number of benzene rings is 1. The Bertz CT molecular complexity index is 1030. The molecule has 5 nitrogen and oxygen atoms in total. The number of rotatable bonds is 6. The van der Waals surface area contributed by atoms with E-state index in [1.807, 2.05) is 0 Å². The molecule has 0 saturated heterocycles. The van der Waals surface area contributed by atoms with Crippen molar-refractivity contribution in [3.05, 3.63) is 47.8 Å². The lowest BCUT2D eigenvalue weighted by Crippen LogP contribution is -2.22. The quantitative estimate of drug-likeness (QED) is 0.408. The number of pyridine rings is 1. The molecule has 0 amide bonds. The number of ether oxygens (including phenoxy) is 1. The molecule has 30 heavy (non-hydrogen) atoms. The second-order valence-corrected chi connectivity index (χ2v) is 7.70. The Balaban J connectivity index is 1.90. The highest BCUT2D eigenvalue weighted by molar-refractivity contribution is 7.90. The Hall–Kier alpha value is -2.47. The van der Waals surface area contributed by atoms with Crippen LogP contribution >= 0.6 is 0 Å². The van der Waals surface area contributed by atoms with Crippen molar-refractivity contribution in [1.82, 2.24) is 14.5 Å². The van der Waals surface area contributed by atoms with Gasteiger partial charge in [0.1, 0.15) is 12.3 Å². The van der Waals surface area contributed by atoms with Crippen LogP contribution in [0.1, 0.15) is 11.3 Å². The van der Waals surface area contributed by atoms with E-state index in [0.29, 0.717) is 0 Å². The summed E-state index contributed by atoms with van der Waals surface area (Å²) in [5.74, 6) is -0.436. The molecular weight excluding hydrogens is 436 g/mol. The zero-order valence-electron chi connectivity index (χ0n) is 15.4. The Kier molecular flexibility index (Phi) is 6.18. The fourth-order valence-corrected chi connectivity index (χ4v) is 4.05. The average molecular weight is 451 g/mol. The second kappa shape index (κ2) is 8.34. The normalized spacial score (nSPS) is 13.6. The van der Waals surface area contributed by atoms with E-state index >= 15 is 0 Å². The van der Waals surface area contributed by atoms with Gasteiger partial charge in [-0.2, -0.15) is 31.3 Å². The van der Waals surface area contributed by atoms with Gasteiger partial charge in [-0.1, -0.05) is 12.1 Å². The van der Waals surface area contributed by atoms with E-state index in [4.69, 9.17) is 4.74 Å². The topological polar surface area (TPSA) is 63.0 Å². The maximum Gasteiger partial charge on any atom is 0.422 e. The first-order valence-electron chi connectivity index (χ1n) is 8.49. The van der Waals surface area contributed by atoms with Crippen LogP contribution in [0.4, 0.5) is 26.3 Å². The summed E-state index contributed by atoms with van der Waals surface area (Å²) in [6.07, 6.45) is -7.92. The molecule has 0 bridgehead atoms. The van der Waals surface area contributed by atoms with Gasteiger partial charge < -0.3 is 9.29 Å². The molecule has 3 rings (SSSR count). The number of nitrogens with zero attached hydrogens (tertiary/aromatic N) is 3. The number of hydrogen-bond acceptors (Lipinski definition) is 4. The molecule has 12 heteroatoms. The van der Waals surface area contributed by atoms with Crippen molar-refractivity contribution >= 4 is 22.2 Å².